The molecule has 0 aromatic heterocycles. The molecule has 2 saturated heterocycles. The molecular formula is C113H186N2O24. The summed E-state index contributed by atoms with van der Waals surface area (Å²) >= 11 is 0. The first-order valence-electron chi connectivity index (χ1n) is 50.7. The van der Waals surface area contributed by atoms with Crippen LogP contribution in [0.5, 0.6) is 0 Å². The minimum atomic E-state index is -0.818. The van der Waals surface area contributed by atoms with Gasteiger partial charge in [0.25, 0.3) is 0 Å². The smallest absolute Gasteiger partial charge is 0.311 e. The fourth-order valence-corrected chi connectivity index (χ4v) is 10.5. The highest BCUT2D eigenvalue weighted by molar-refractivity contribution is 6.22. The van der Waals surface area contributed by atoms with Crippen LogP contribution < -0.4 is 9.80 Å². The number of carboxylic acid groups (broad SMARTS) is 3. The third-order valence-electron chi connectivity index (χ3n) is 25.4. The van der Waals surface area contributed by atoms with Gasteiger partial charge in [0.15, 0.2) is 5.78 Å². The summed E-state index contributed by atoms with van der Waals surface area (Å²) in [4.78, 5) is 160. The lowest BCUT2D eigenvalue weighted by molar-refractivity contribution is -0.157. The van der Waals surface area contributed by atoms with Gasteiger partial charge in [-0.1, -0.05) is 274 Å². The molecule has 139 heavy (non-hydrogen) atoms. The van der Waals surface area contributed by atoms with Crippen molar-refractivity contribution in [1.82, 2.24) is 0 Å². The number of hydrogen-bond donors (Lipinski definition) is 4. The average molecular weight is 1960 g/mol. The maximum absolute atomic E-state index is 11.8. The van der Waals surface area contributed by atoms with Crippen molar-refractivity contribution in [1.29, 1.82) is 0 Å². The molecule has 2 heterocycles. The van der Waals surface area contributed by atoms with Crippen LogP contribution in [0.1, 0.15) is 380 Å². The zero-order valence-electron chi connectivity index (χ0n) is 91.5. The first-order valence-corrected chi connectivity index (χ1v) is 50.7. The van der Waals surface area contributed by atoms with Crippen LogP contribution in [-0.4, -0.2) is 143 Å². The van der Waals surface area contributed by atoms with E-state index in [1.165, 1.54) is 41.0 Å². The van der Waals surface area contributed by atoms with Crippen LogP contribution in [0.3, 0.4) is 0 Å². The number of rotatable bonds is 44. The van der Waals surface area contributed by atoms with Gasteiger partial charge in [-0.15, -0.1) is 0 Å². The predicted molar refractivity (Wildman–Crippen MR) is 555 cm³/mol. The molecule has 26 nitrogen and oxygen atoms in total. The number of aliphatic hydroxyl groups is 1. The van der Waals surface area contributed by atoms with Crippen molar-refractivity contribution in [3.63, 3.8) is 0 Å². The van der Waals surface area contributed by atoms with E-state index in [-0.39, 0.29) is 143 Å². The van der Waals surface area contributed by atoms with Crippen LogP contribution in [0.2, 0.25) is 0 Å². The molecule has 0 aliphatic carbocycles. The fourth-order valence-electron chi connectivity index (χ4n) is 10.5. The number of unbranched alkanes of at least 4 members (excludes halogenated alkanes) is 5. The molecule has 2 aliphatic heterocycles. The number of esters is 6. The van der Waals surface area contributed by atoms with Crippen LogP contribution in [0.15, 0.2) is 121 Å². The number of aliphatic carboxylic acids is 3. The highest BCUT2D eigenvalue weighted by Crippen LogP contribution is 2.33. The highest BCUT2D eigenvalue weighted by Gasteiger charge is 2.44. The van der Waals surface area contributed by atoms with E-state index in [9.17, 15) is 67.1 Å². The van der Waals surface area contributed by atoms with Crippen molar-refractivity contribution in [3.8, 4) is 0 Å². The molecule has 8 unspecified atom stereocenters. The zero-order valence-corrected chi connectivity index (χ0v) is 91.5. The van der Waals surface area contributed by atoms with Crippen molar-refractivity contribution in [2.45, 2.75) is 375 Å². The second-order valence-electron chi connectivity index (χ2n) is 39.3. The molecule has 0 saturated carbocycles. The Bertz CT molecular complexity index is 3960. The number of anilines is 2. The van der Waals surface area contributed by atoms with Crippen LogP contribution in [-0.2, 0) is 102 Å². The molecule has 0 spiro atoms. The Morgan fingerprint density at radius 2 is 0.691 bits per heavy atom. The highest BCUT2D eigenvalue weighted by atomic mass is 16.6. The third kappa shape index (κ3) is 59.4. The first kappa shape index (κ1) is 137. The minimum absolute atomic E-state index is 0.0510. The minimum Gasteiger partial charge on any atom is -0.481 e. The van der Waals surface area contributed by atoms with E-state index in [1.807, 2.05) is 184 Å². The van der Waals surface area contributed by atoms with E-state index in [0.717, 1.165) is 76.2 Å². The molecule has 0 bridgehead atoms. The Hall–Kier alpha value is -9.98. The summed E-state index contributed by atoms with van der Waals surface area (Å²) < 4.78 is 30.5. The number of aliphatic hydroxyl groups excluding tert-OH is 1. The zero-order chi connectivity index (χ0) is 108. The number of benzene rings is 4. The molecule has 4 N–H and O–H groups in total. The van der Waals surface area contributed by atoms with Gasteiger partial charge in [-0.2, -0.15) is 0 Å². The Kier molecular flexibility index (Phi) is 75.0. The number of amides is 4. The number of ketones is 1. The second-order valence-corrected chi connectivity index (χ2v) is 39.3. The van der Waals surface area contributed by atoms with Crippen LogP contribution in [0, 0.1) is 73.9 Å². The van der Waals surface area contributed by atoms with Gasteiger partial charge in [-0.05, 0) is 220 Å². The average Bonchev–Trinajstić information content (AvgIpc) is 1.65. The third-order valence-corrected chi connectivity index (χ3v) is 25.4. The summed E-state index contributed by atoms with van der Waals surface area (Å²) in [6, 6.07) is 38.5. The normalized spacial score (nSPS) is 15.1. The van der Waals surface area contributed by atoms with Gasteiger partial charge in [-0.25, -0.2) is 0 Å². The van der Waals surface area contributed by atoms with E-state index in [0.29, 0.717) is 88.2 Å². The molecule has 2 aliphatic rings. The van der Waals surface area contributed by atoms with Crippen molar-refractivity contribution in [3.05, 3.63) is 132 Å². The molecule has 4 aromatic carbocycles. The number of Topliss-reactive ketones (excluding diaryl/α,β-unsaturated/α-hetero) is 1. The lowest BCUT2D eigenvalue weighted by Crippen LogP contribution is -2.30. The van der Waals surface area contributed by atoms with Crippen molar-refractivity contribution >= 4 is 94.5 Å². The lowest BCUT2D eigenvalue weighted by Gasteiger charge is -2.22. The van der Waals surface area contributed by atoms with Crippen molar-refractivity contribution in [2.75, 3.05) is 49.4 Å². The maximum Gasteiger partial charge on any atom is 0.311 e. The summed E-state index contributed by atoms with van der Waals surface area (Å²) in [5.74, 6) is -3.37. The number of ether oxygens (including phenoxy) is 6. The van der Waals surface area contributed by atoms with Crippen molar-refractivity contribution < 1.29 is 116 Å². The second kappa shape index (κ2) is 75.8. The van der Waals surface area contributed by atoms with E-state index >= 15 is 0 Å². The van der Waals surface area contributed by atoms with E-state index in [4.69, 9.17) is 48.8 Å². The molecule has 792 valence electrons. The number of carbonyl (C=O) groups excluding carboxylic acids is 11. The van der Waals surface area contributed by atoms with Gasteiger partial charge < -0.3 is 48.8 Å². The Morgan fingerprint density at radius 1 is 0.360 bits per heavy atom. The molecular weight excluding hydrogens is 1770 g/mol. The number of carbonyl (C=O) groups is 14. The summed E-state index contributed by atoms with van der Waals surface area (Å²) in [6.45, 7) is 63.5. The van der Waals surface area contributed by atoms with Gasteiger partial charge >= 0.3 is 53.7 Å². The van der Waals surface area contributed by atoms with Crippen LogP contribution in [0.25, 0.3) is 0 Å². The van der Waals surface area contributed by atoms with Gasteiger partial charge in [0.1, 0.15) is 19.8 Å². The summed E-state index contributed by atoms with van der Waals surface area (Å²) in [5.41, 5.74) is 1.28. The van der Waals surface area contributed by atoms with Gasteiger partial charge in [0, 0.05) is 36.5 Å². The Labute approximate surface area is 837 Å². The van der Waals surface area contributed by atoms with Crippen molar-refractivity contribution in [2.24, 2.45) is 73.9 Å². The molecule has 26 heteroatoms. The molecule has 4 amide bonds. The van der Waals surface area contributed by atoms with Gasteiger partial charge in [0.05, 0.1) is 82.1 Å². The summed E-state index contributed by atoms with van der Waals surface area (Å²) in [7, 11) is 0. The Balaban J connectivity index is -0.000000478. The van der Waals surface area contributed by atoms with E-state index in [1.54, 1.807) is 86.6 Å². The van der Waals surface area contributed by atoms with Crippen LogP contribution in [0.4, 0.5) is 11.4 Å². The monoisotopic (exact) mass is 1960 g/mol. The van der Waals surface area contributed by atoms with Gasteiger partial charge in [0.2, 0.25) is 23.6 Å². The van der Waals surface area contributed by atoms with Crippen LogP contribution >= 0.6 is 0 Å². The predicted octanol–water partition coefficient (Wildman–Crippen LogP) is 25.5. The number of hydrogen-bond acceptors (Lipinski definition) is 21. The largest absolute Gasteiger partial charge is 0.481 e. The quantitative estimate of drug-likeness (QED) is 0.0138. The summed E-state index contributed by atoms with van der Waals surface area (Å²) in [5, 5.41) is 33.4. The number of nitrogens with zero attached hydrogens (tertiary/aromatic N) is 2. The van der Waals surface area contributed by atoms with E-state index < -0.39 is 34.2 Å². The number of imide groups is 2. The SMILES string of the molecule is CC1C(=O)N(c2ccccc2)C(=O)C1C.CC1C(=O)N(c2ccccc2)C(=O)C1C.CCC(C)(C)C(=O)O.CCC(C)(C)C(=O)OCC(=O)CCCCCC(=O)O.CCC(C)(C)C(=O)OCCO.CCC(C)(C)C(=O)OCc1ccccc1.CCC(C)C(=O)O.CCC(C)c1ccccc1.CCCCC(CC)COC(=O)C(C)(C)CC.CCCCOC(=O)C(C)(C)CC.CCCCOC(=O)C(C)CC. The molecule has 8 atom stereocenters. The standard InChI is InChI=1S/C14H24O5.C14H28O2.C13H18O2.2C12H13NO2.C10H20O2.C10H14.C9H18O2.C8H16O3.C6H12O2.C5H10O2/c1-4-14(2,3)13(18)19-10-11(15)8-6-5-7-9-12(16)17;1-6-9-10-12(7-2)11-16-13(15)14(4,5)8-3;1-4-13(2,3)12(14)15-10-11-8-6-5-7-9-11;2*1-8-9(2)12(15)13(11(8)14)10-6-4-3-5-7-10;1-5-7-8-12-9(11)10(3,4)6-2;1-3-9(2)10-7-5-4-6-8-10;1-4-6-7-11-9(10)8(3)5-2;1-4-8(2,3)7(10)11-6-5-9;1-4-6(2,3)5(7)8;1-3-4(2)5(6)7/h4-10H2,1-3H3,(H,16,17);12H,6-11H2,1-5H3;5-9H,4,10H2,1-3H3;2*3-9H,1-2H3;5-8H2,1-4H3;4-9H,3H2,1-2H3;8H,4-7H2,1-3H3;9H,4-6H2,1-3H3;4H2,1-3H3,(H,7,8);4H,3H2,1-2H3,(H,6,7). The number of carboxylic acids is 3. The first-order chi connectivity index (χ1) is 64.9. The topological polar surface area (TPSA) is 382 Å². The number of para-hydroxylation sites is 2. The molecule has 2 fully saturated rings. The Morgan fingerprint density at radius 3 is 1.00 bits per heavy atom. The lowest BCUT2D eigenvalue weighted by atomic mass is 9.90. The molecule has 4 aromatic rings. The van der Waals surface area contributed by atoms with Gasteiger partial charge in [-0.3, -0.25) is 76.9 Å². The maximum atomic E-state index is 11.8. The fraction of sp³-hybridized carbons (Fsp3) is 0.664. The van der Waals surface area contributed by atoms with E-state index in [2.05, 4.69) is 71.9 Å². The molecule has 0 radical (unpaired) electrons. The summed E-state index contributed by atoms with van der Waals surface area (Å²) in [6.07, 6.45) is 18.5. The molecule has 6 rings (SSSR count).